The Morgan fingerprint density at radius 3 is 2.79 bits per heavy atom. The van der Waals surface area contributed by atoms with Crippen molar-refractivity contribution in [1.29, 1.82) is 0 Å². The van der Waals surface area contributed by atoms with Gasteiger partial charge < -0.3 is 19.5 Å². The van der Waals surface area contributed by atoms with Crippen LogP contribution in [0.4, 0.5) is 16.0 Å². The standard InChI is InChI=1S/C23H26ClFN6O2/c1-14(2)31-15(3)26-13-20(31)21-19(25)12-27-23(29-21)28-16-5-6-17(18(24)11-16)22(32)30-7-4-9-33-10-8-30/h5-6,11-14H,4,7-10H2,1-3H3,(H,27,28,29). The topological polar surface area (TPSA) is 85.2 Å². The molecule has 1 N–H and O–H groups in total. The van der Waals surface area contributed by atoms with Crippen LogP contribution in [-0.2, 0) is 4.74 Å². The van der Waals surface area contributed by atoms with Gasteiger partial charge in [0.1, 0.15) is 11.5 Å². The quantitative estimate of drug-likeness (QED) is 0.582. The van der Waals surface area contributed by atoms with Gasteiger partial charge in [-0.05, 0) is 45.4 Å². The lowest BCUT2D eigenvalue weighted by Crippen LogP contribution is -2.33. The Bertz CT molecular complexity index is 1160. The van der Waals surface area contributed by atoms with Gasteiger partial charge in [-0.1, -0.05) is 11.6 Å². The maximum atomic E-state index is 14.6. The third-order valence-electron chi connectivity index (χ3n) is 5.45. The molecule has 0 bridgehead atoms. The second-order valence-electron chi connectivity index (χ2n) is 8.12. The number of hydrogen-bond acceptors (Lipinski definition) is 6. The summed E-state index contributed by atoms with van der Waals surface area (Å²) in [4.78, 5) is 27.3. The first-order valence-electron chi connectivity index (χ1n) is 10.9. The highest BCUT2D eigenvalue weighted by atomic mass is 35.5. The van der Waals surface area contributed by atoms with Crippen LogP contribution < -0.4 is 5.32 Å². The fraction of sp³-hybridized carbons (Fsp3) is 0.391. The number of hydrogen-bond donors (Lipinski definition) is 1. The number of benzene rings is 1. The van der Waals surface area contributed by atoms with Crippen molar-refractivity contribution in [3.05, 3.63) is 52.8 Å². The molecule has 0 atom stereocenters. The van der Waals surface area contributed by atoms with Gasteiger partial charge in [-0.25, -0.2) is 19.3 Å². The number of halogens is 2. The maximum Gasteiger partial charge on any atom is 0.255 e. The molecule has 1 aromatic carbocycles. The molecule has 1 amide bonds. The van der Waals surface area contributed by atoms with Gasteiger partial charge in [-0.15, -0.1) is 0 Å². The van der Waals surface area contributed by atoms with Crippen molar-refractivity contribution >= 4 is 29.1 Å². The van der Waals surface area contributed by atoms with Gasteiger partial charge in [0.05, 0.1) is 35.3 Å². The van der Waals surface area contributed by atoms with Crippen LogP contribution in [0.15, 0.2) is 30.6 Å². The molecule has 0 aliphatic carbocycles. The lowest BCUT2D eigenvalue weighted by molar-refractivity contribution is 0.0741. The third-order valence-corrected chi connectivity index (χ3v) is 5.76. The molecule has 0 unspecified atom stereocenters. The molecule has 3 heterocycles. The van der Waals surface area contributed by atoms with Crippen LogP contribution in [0.3, 0.4) is 0 Å². The van der Waals surface area contributed by atoms with Crippen LogP contribution in [-0.4, -0.2) is 56.6 Å². The molecule has 0 spiro atoms. The van der Waals surface area contributed by atoms with E-state index in [0.717, 1.165) is 18.4 Å². The highest BCUT2D eigenvalue weighted by molar-refractivity contribution is 6.34. The van der Waals surface area contributed by atoms with E-state index in [0.29, 0.717) is 48.3 Å². The Kier molecular flexibility index (Phi) is 6.90. The van der Waals surface area contributed by atoms with Crippen LogP contribution in [0.2, 0.25) is 5.02 Å². The highest BCUT2D eigenvalue weighted by Crippen LogP contribution is 2.28. The average Bonchev–Trinajstić information content (AvgIpc) is 2.97. The number of carbonyl (C=O) groups excluding carboxylic acids is 1. The minimum atomic E-state index is -0.539. The Morgan fingerprint density at radius 1 is 1.21 bits per heavy atom. The summed E-state index contributed by atoms with van der Waals surface area (Å²) in [6.07, 6.45) is 3.52. The van der Waals surface area contributed by atoms with E-state index >= 15 is 0 Å². The summed E-state index contributed by atoms with van der Waals surface area (Å²) >= 11 is 6.43. The monoisotopic (exact) mass is 472 g/mol. The summed E-state index contributed by atoms with van der Waals surface area (Å²) in [5.41, 5.74) is 1.73. The van der Waals surface area contributed by atoms with Crippen molar-refractivity contribution in [3.63, 3.8) is 0 Å². The van der Waals surface area contributed by atoms with E-state index in [1.54, 1.807) is 29.3 Å². The number of ether oxygens (including phenoxy) is 1. The molecule has 1 fully saturated rings. The van der Waals surface area contributed by atoms with E-state index in [1.165, 1.54) is 0 Å². The molecule has 1 saturated heterocycles. The zero-order chi connectivity index (χ0) is 23.5. The van der Waals surface area contributed by atoms with Crippen molar-refractivity contribution in [2.24, 2.45) is 0 Å². The van der Waals surface area contributed by atoms with Crippen molar-refractivity contribution in [2.75, 3.05) is 31.6 Å². The molecular weight excluding hydrogens is 447 g/mol. The zero-order valence-electron chi connectivity index (χ0n) is 18.8. The lowest BCUT2D eigenvalue weighted by atomic mass is 10.1. The number of aromatic nitrogens is 4. The number of rotatable bonds is 5. The van der Waals surface area contributed by atoms with Crippen LogP contribution in [0.5, 0.6) is 0 Å². The van der Waals surface area contributed by atoms with Gasteiger partial charge in [-0.2, -0.15) is 0 Å². The Balaban J connectivity index is 1.57. The first kappa shape index (κ1) is 23.1. The smallest absolute Gasteiger partial charge is 0.255 e. The van der Waals surface area contributed by atoms with E-state index in [-0.39, 0.29) is 23.6 Å². The van der Waals surface area contributed by atoms with Gasteiger partial charge in [-0.3, -0.25) is 4.79 Å². The predicted octanol–water partition coefficient (Wildman–Crippen LogP) is 4.63. The summed E-state index contributed by atoms with van der Waals surface area (Å²) in [7, 11) is 0. The minimum absolute atomic E-state index is 0.0907. The van der Waals surface area contributed by atoms with Gasteiger partial charge >= 0.3 is 0 Å². The fourth-order valence-corrected chi connectivity index (χ4v) is 4.16. The number of aryl methyl sites for hydroxylation is 1. The summed E-state index contributed by atoms with van der Waals surface area (Å²) in [6.45, 7) is 8.20. The van der Waals surface area contributed by atoms with Crippen LogP contribution in [0.25, 0.3) is 11.4 Å². The molecule has 4 rings (SSSR count). The molecule has 0 saturated carbocycles. The molecule has 10 heteroatoms. The molecule has 1 aliphatic heterocycles. The van der Waals surface area contributed by atoms with Crippen LogP contribution in [0, 0.1) is 12.7 Å². The first-order valence-corrected chi connectivity index (χ1v) is 11.2. The van der Waals surface area contributed by atoms with Crippen LogP contribution in [0.1, 0.15) is 42.5 Å². The number of carbonyl (C=O) groups is 1. The van der Waals surface area contributed by atoms with E-state index in [1.807, 2.05) is 25.3 Å². The van der Waals surface area contributed by atoms with Gasteiger partial charge in [0.25, 0.3) is 5.91 Å². The van der Waals surface area contributed by atoms with Crippen LogP contribution >= 0.6 is 11.6 Å². The van der Waals surface area contributed by atoms with E-state index < -0.39 is 5.82 Å². The number of imidazole rings is 1. The second-order valence-corrected chi connectivity index (χ2v) is 8.53. The summed E-state index contributed by atoms with van der Waals surface area (Å²) < 4.78 is 21.9. The molecule has 174 valence electrons. The minimum Gasteiger partial charge on any atom is -0.380 e. The van der Waals surface area contributed by atoms with Gasteiger partial charge in [0.15, 0.2) is 5.82 Å². The lowest BCUT2D eigenvalue weighted by Gasteiger charge is -2.20. The molecule has 1 aliphatic rings. The SMILES string of the molecule is Cc1ncc(-c2nc(Nc3ccc(C(=O)N4CCCOCC4)c(Cl)c3)ncc2F)n1C(C)C. The Labute approximate surface area is 196 Å². The predicted molar refractivity (Wildman–Crippen MR) is 124 cm³/mol. The van der Waals surface area contributed by atoms with Gasteiger partial charge in [0, 0.05) is 31.4 Å². The number of nitrogens with one attached hydrogen (secondary N) is 1. The largest absolute Gasteiger partial charge is 0.380 e. The van der Waals surface area contributed by atoms with E-state index in [4.69, 9.17) is 16.3 Å². The van der Waals surface area contributed by atoms with Crippen molar-refractivity contribution in [3.8, 4) is 11.4 Å². The summed E-state index contributed by atoms with van der Waals surface area (Å²) in [5, 5.41) is 3.36. The molecule has 8 nitrogen and oxygen atoms in total. The van der Waals surface area contributed by atoms with E-state index in [9.17, 15) is 9.18 Å². The van der Waals surface area contributed by atoms with E-state index in [2.05, 4.69) is 20.3 Å². The van der Waals surface area contributed by atoms with Gasteiger partial charge in [0.2, 0.25) is 5.95 Å². The zero-order valence-corrected chi connectivity index (χ0v) is 19.6. The number of amides is 1. The Hall–Kier alpha value is -3.04. The molecule has 3 aromatic rings. The third kappa shape index (κ3) is 4.99. The first-order chi connectivity index (χ1) is 15.8. The average molecular weight is 473 g/mol. The number of nitrogens with zero attached hydrogens (tertiary/aromatic N) is 5. The molecule has 2 aromatic heterocycles. The summed E-state index contributed by atoms with van der Waals surface area (Å²) in [5.74, 6) is 0.313. The van der Waals surface area contributed by atoms with Crippen molar-refractivity contribution < 1.29 is 13.9 Å². The van der Waals surface area contributed by atoms with Crippen molar-refractivity contribution in [1.82, 2.24) is 24.4 Å². The maximum absolute atomic E-state index is 14.6. The number of anilines is 2. The second kappa shape index (κ2) is 9.84. The fourth-order valence-electron chi connectivity index (χ4n) is 3.90. The molecule has 0 radical (unpaired) electrons. The molecule has 33 heavy (non-hydrogen) atoms. The molecular formula is C23H26ClFN6O2. The van der Waals surface area contributed by atoms with Crippen molar-refractivity contribution in [2.45, 2.75) is 33.2 Å². The Morgan fingerprint density at radius 2 is 2.03 bits per heavy atom. The highest BCUT2D eigenvalue weighted by Gasteiger charge is 2.21. The normalized spacial score (nSPS) is 14.4. The summed E-state index contributed by atoms with van der Waals surface area (Å²) in [6, 6.07) is 5.12.